The van der Waals surface area contributed by atoms with E-state index in [1.54, 1.807) is 12.3 Å². The van der Waals surface area contributed by atoms with Crippen molar-refractivity contribution in [1.82, 2.24) is 9.88 Å². The Morgan fingerprint density at radius 2 is 2.21 bits per heavy atom. The maximum Gasteiger partial charge on any atom is 0.264 e. The first-order valence-electron chi connectivity index (χ1n) is 6.24. The van der Waals surface area contributed by atoms with Crippen LogP contribution in [0.2, 0.25) is 5.02 Å². The molecule has 0 aromatic carbocycles. The average molecular weight is 294 g/mol. The fraction of sp³-hybridized carbons (Fsp3) is 0.385. The first-order valence-corrected chi connectivity index (χ1v) is 7.43. The summed E-state index contributed by atoms with van der Waals surface area (Å²) in [5.74, 6) is 1.11. The lowest BCUT2D eigenvalue weighted by Crippen LogP contribution is -2.33. The van der Waals surface area contributed by atoms with Gasteiger partial charge in [0, 0.05) is 25.3 Å². The summed E-state index contributed by atoms with van der Waals surface area (Å²) in [5, 5.41) is 0.653. The van der Waals surface area contributed by atoms with Crippen molar-refractivity contribution >= 4 is 39.1 Å². The predicted octanol–water partition coefficient (Wildman–Crippen LogP) is 1.98. The van der Waals surface area contributed by atoms with Crippen molar-refractivity contribution in [3.63, 3.8) is 0 Å². The van der Waals surface area contributed by atoms with Crippen LogP contribution in [-0.2, 0) is 0 Å². The van der Waals surface area contributed by atoms with Crippen LogP contribution in [0.15, 0.2) is 18.3 Å². The number of carbonyl (C=O) groups is 1. The Bertz CT molecular complexity index is 674. The van der Waals surface area contributed by atoms with Crippen molar-refractivity contribution in [2.24, 2.45) is 17.6 Å². The maximum atomic E-state index is 12.4. The maximum absolute atomic E-state index is 12.4. The van der Waals surface area contributed by atoms with E-state index in [1.807, 2.05) is 11.0 Å². The molecule has 0 spiro atoms. The van der Waals surface area contributed by atoms with Gasteiger partial charge in [-0.15, -0.1) is 11.3 Å². The van der Waals surface area contributed by atoms with Gasteiger partial charge < -0.3 is 10.6 Å². The van der Waals surface area contributed by atoms with Crippen molar-refractivity contribution in [2.75, 3.05) is 13.1 Å². The molecule has 2 fully saturated rings. The molecule has 2 atom stereocenters. The molecule has 2 aliphatic rings. The van der Waals surface area contributed by atoms with E-state index in [2.05, 4.69) is 4.98 Å². The fourth-order valence-corrected chi connectivity index (χ4v) is 4.16. The van der Waals surface area contributed by atoms with E-state index < -0.39 is 0 Å². The zero-order chi connectivity index (χ0) is 13.1. The van der Waals surface area contributed by atoms with Crippen molar-refractivity contribution in [3.8, 4) is 0 Å². The summed E-state index contributed by atoms with van der Waals surface area (Å²) < 4.78 is 0.883. The molecule has 1 aliphatic carbocycles. The molecule has 1 aliphatic heterocycles. The third-order valence-electron chi connectivity index (χ3n) is 4.12. The van der Waals surface area contributed by atoms with Gasteiger partial charge in [-0.2, -0.15) is 0 Å². The second kappa shape index (κ2) is 3.91. The lowest BCUT2D eigenvalue weighted by molar-refractivity contribution is 0.0778. The standard InChI is InChI=1S/C13H12ClN3OS/c14-8-1-2-16-9-3-10(19-12(8)9)13(18)17-4-6-7(5-17)11(6)15/h1-3,6-7,11H,4-5,15H2. The first kappa shape index (κ1) is 11.6. The molecule has 1 saturated carbocycles. The monoisotopic (exact) mass is 293 g/mol. The van der Waals surface area contributed by atoms with E-state index in [4.69, 9.17) is 17.3 Å². The molecule has 4 rings (SSSR count). The third-order valence-corrected chi connectivity index (χ3v) is 5.69. The predicted molar refractivity (Wildman–Crippen MR) is 75.5 cm³/mol. The molecule has 2 aromatic rings. The number of rotatable bonds is 1. The molecule has 0 radical (unpaired) electrons. The Labute approximate surface area is 119 Å². The van der Waals surface area contributed by atoms with Crippen molar-refractivity contribution in [1.29, 1.82) is 0 Å². The van der Waals surface area contributed by atoms with Gasteiger partial charge in [0.2, 0.25) is 0 Å². The van der Waals surface area contributed by atoms with E-state index in [0.717, 1.165) is 23.3 Å². The van der Waals surface area contributed by atoms with Gasteiger partial charge in [-0.25, -0.2) is 0 Å². The topological polar surface area (TPSA) is 59.2 Å². The lowest BCUT2D eigenvalue weighted by atomic mass is 10.3. The van der Waals surface area contributed by atoms with Gasteiger partial charge in [0.1, 0.15) is 0 Å². The van der Waals surface area contributed by atoms with E-state index in [9.17, 15) is 4.79 Å². The Kier molecular flexibility index (Phi) is 2.40. The highest BCUT2D eigenvalue weighted by molar-refractivity contribution is 7.21. The van der Waals surface area contributed by atoms with E-state index in [1.165, 1.54) is 11.3 Å². The van der Waals surface area contributed by atoms with E-state index >= 15 is 0 Å². The van der Waals surface area contributed by atoms with Crippen LogP contribution in [0, 0.1) is 11.8 Å². The van der Waals surface area contributed by atoms with Crippen LogP contribution >= 0.6 is 22.9 Å². The van der Waals surface area contributed by atoms with Gasteiger partial charge in [-0.3, -0.25) is 9.78 Å². The summed E-state index contributed by atoms with van der Waals surface area (Å²) in [5.41, 5.74) is 6.68. The minimum atomic E-state index is 0.0819. The van der Waals surface area contributed by atoms with E-state index in [0.29, 0.717) is 27.8 Å². The SMILES string of the molecule is NC1C2CN(C(=O)c3cc4nccc(Cl)c4s3)CC12. The number of halogens is 1. The highest BCUT2D eigenvalue weighted by Crippen LogP contribution is 2.44. The van der Waals surface area contributed by atoms with E-state index in [-0.39, 0.29) is 5.91 Å². The Balaban J connectivity index is 1.64. The quantitative estimate of drug-likeness (QED) is 0.874. The highest BCUT2D eigenvalue weighted by atomic mass is 35.5. The lowest BCUT2D eigenvalue weighted by Gasteiger charge is -2.17. The molecule has 2 N–H and O–H groups in total. The van der Waals surface area contributed by atoms with Crippen LogP contribution in [-0.4, -0.2) is 34.9 Å². The van der Waals surface area contributed by atoms with Crippen molar-refractivity contribution < 1.29 is 4.79 Å². The zero-order valence-corrected chi connectivity index (χ0v) is 11.6. The minimum absolute atomic E-state index is 0.0819. The number of hydrogen-bond donors (Lipinski definition) is 1. The summed E-state index contributed by atoms with van der Waals surface area (Å²) in [6.07, 6.45) is 1.66. The summed E-state index contributed by atoms with van der Waals surface area (Å²) in [6, 6.07) is 3.89. The number of carbonyl (C=O) groups excluding carboxylic acids is 1. The smallest absolute Gasteiger partial charge is 0.264 e. The number of likely N-dealkylation sites (tertiary alicyclic amines) is 1. The molecule has 6 heteroatoms. The van der Waals surface area contributed by atoms with Gasteiger partial charge in [-0.1, -0.05) is 11.6 Å². The second-order valence-corrected chi connectivity index (χ2v) is 6.69. The number of aromatic nitrogens is 1. The number of hydrogen-bond acceptors (Lipinski definition) is 4. The van der Waals surface area contributed by atoms with Gasteiger partial charge in [0.05, 0.1) is 20.1 Å². The van der Waals surface area contributed by atoms with Gasteiger partial charge in [-0.05, 0) is 24.0 Å². The summed E-state index contributed by atoms with van der Waals surface area (Å²) in [6.45, 7) is 1.58. The Morgan fingerprint density at radius 1 is 1.47 bits per heavy atom. The molecule has 98 valence electrons. The number of fused-ring (bicyclic) bond motifs is 2. The highest BCUT2D eigenvalue weighted by Gasteiger charge is 2.54. The molecule has 4 nitrogen and oxygen atoms in total. The number of nitrogens with two attached hydrogens (primary N) is 1. The van der Waals surface area contributed by atoms with Crippen LogP contribution in [0.4, 0.5) is 0 Å². The Morgan fingerprint density at radius 3 is 2.89 bits per heavy atom. The van der Waals surface area contributed by atoms with Crippen LogP contribution in [0.5, 0.6) is 0 Å². The molecule has 19 heavy (non-hydrogen) atoms. The largest absolute Gasteiger partial charge is 0.337 e. The number of pyridine rings is 1. The summed E-state index contributed by atoms with van der Waals surface area (Å²) >= 11 is 7.53. The molecule has 3 heterocycles. The van der Waals surface area contributed by atoms with Crippen molar-refractivity contribution in [2.45, 2.75) is 6.04 Å². The molecule has 2 aromatic heterocycles. The van der Waals surface area contributed by atoms with Gasteiger partial charge >= 0.3 is 0 Å². The molecular formula is C13H12ClN3OS. The normalized spacial score (nSPS) is 28.7. The number of amides is 1. The minimum Gasteiger partial charge on any atom is -0.337 e. The number of nitrogens with zero attached hydrogens (tertiary/aromatic N) is 2. The number of thiophene rings is 1. The van der Waals surface area contributed by atoms with Crippen molar-refractivity contribution in [3.05, 3.63) is 28.2 Å². The molecule has 0 bridgehead atoms. The zero-order valence-electron chi connectivity index (χ0n) is 10.0. The molecule has 2 unspecified atom stereocenters. The van der Waals surface area contributed by atoms with Crippen LogP contribution in [0.1, 0.15) is 9.67 Å². The van der Waals surface area contributed by atoms with Gasteiger partial charge in [0.25, 0.3) is 5.91 Å². The fourth-order valence-electron chi connectivity index (χ4n) is 2.91. The van der Waals surface area contributed by atoms with Crippen LogP contribution in [0.25, 0.3) is 10.2 Å². The average Bonchev–Trinajstić information content (AvgIpc) is 2.86. The van der Waals surface area contributed by atoms with Crippen LogP contribution < -0.4 is 5.73 Å². The summed E-state index contributed by atoms with van der Waals surface area (Å²) in [7, 11) is 0. The molecule has 1 saturated heterocycles. The summed E-state index contributed by atoms with van der Waals surface area (Å²) in [4.78, 5) is 19.3. The van der Waals surface area contributed by atoms with Gasteiger partial charge in [0.15, 0.2) is 0 Å². The van der Waals surface area contributed by atoms with Crippen LogP contribution in [0.3, 0.4) is 0 Å². The third kappa shape index (κ3) is 1.69. The number of piperidine rings is 1. The first-order chi connectivity index (χ1) is 9.15. The second-order valence-electron chi connectivity index (χ2n) is 5.23. The Hall–Kier alpha value is -1.17. The molecular weight excluding hydrogens is 282 g/mol. The molecule has 1 amide bonds.